The molecular formula is C21H21F3N6O3S. The smallest absolute Gasteiger partial charge is 0.475 e. The number of rotatable bonds is 2. The Hall–Kier alpha value is -3.32. The molecule has 0 bridgehead atoms. The van der Waals surface area contributed by atoms with Crippen molar-refractivity contribution in [3.8, 4) is 11.3 Å². The number of hydrogen-bond acceptors (Lipinski definition) is 7. The van der Waals surface area contributed by atoms with E-state index >= 15 is 0 Å². The van der Waals surface area contributed by atoms with Gasteiger partial charge >= 0.3 is 12.1 Å². The van der Waals surface area contributed by atoms with Gasteiger partial charge in [0.05, 0.1) is 11.9 Å². The molecule has 34 heavy (non-hydrogen) atoms. The number of benzene rings is 1. The fourth-order valence-electron chi connectivity index (χ4n) is 4.09. The van der Waals surface area contributed by atoms with Crippen LogP contribution in [0.2, 0.25) is 0 Å². The lowest BCUT2D eigenvalue weighted by atomic mass is 10.0. The van der Waals surface area contributed by atoms with E-state index in [1.54, 1.807) is 5.38 Å². The van der Waals surface area contributed by atoms with Crippen LogP contribution in [-0.2, 0) is 30.8 Å². The van der Waals surface area contributed by atoms with E-state index in [1.165, 1.54) is 28.2 Å². The van der Waals surface area contributed by atoms with Gasteiger partial charge in [-0.15, -0.1) is 5.10 Å². The highest BCUT2D eigenvalue weighted by atomic mass is 32.1. The molecule has 2 aliphatic rings. The first-order valence-corrected chi connectivity index (χ1v) is 11.2. The summed E-state index contributed by atoms with van der Waals surface area (Å²) in [4.78, 5) is 30.4. The lowest BCUT2D eigenvalue weighted by molar-refractivity contribution is -0.192. The number of aliphatic carboxylic acids is 1. The summed E-state index contributed by atoms with van der Waals surface area (Å²) in [5.41, 5.74) is 5.64. The maximum Gasteiger partial charge on any atom is 0.490 e. The number of nitrogens with zero attached hydrogens (tertiary/aromatic N) is 6. The number of fused-ring (bicyclic) bond motifs is 2. The summed E-state index contributed by atoms with van der Waals surface area (Å²) in [7, 11) is 2.15. The van der Waals surface area contributed by atoms with Gasteiger partial charge in [0.2, 0.25) is 0 Å². The number of alkyl halides is 3. The second-order valence-corrected chi connectivity index (χ2v) is 8.57. The van der Waals surface area contributed by atoms with Crippen LogP contribution < -0.4 is 0 Å². The summed E-state index contributed by atoms with van der Waals surface area (Å²) in [5, 5.41) is 12.8. The fraction of sp³-hybridized carbons (Fsp3) is 0.381. The predicted molar refractivity (Wildman–Crippen MR) is 116 cm³/mol. The van der Waals surface area contributed by atoms with Gasteiger partial charge in [0.25, 0.3) is 5.91 Å². The quantitative estimate of drug-likeness (QED) is 0.584. The summed E-state index contributed by atoms with van der Waals surface area (Å²) in [6.07, 6.45) is -2.34. The topological polar surface area (TPSA) is 104 Å². The average Bonchev–Trinajstić information content (AvgIpc) is 3.50. The molecule has 4 heterocycles. The first kappa shape index (κ1) is 23.8. The molecule has 1 amide bonds. The lowest BCUT2D eigenvalue weighted by Gasteiger charge is -2.19. The minimum atomic E-state index is -5.08. The van der Waals surface area contributed by atoms with E-state index < -0.39 is 12.1 Å². The normalized spacial score (nSPS) is 15.7. The van der Waals surface area contributed by atoms with Crippen molar-refractivity contribution in [3.63, 3.8) is 0 Å². The monoisotopic (exact) mass is 494 g/mol. The van der Waals surface area contributed by atoms with Crippen molar-refractivity contribution < 1.29 is 27.9 Å². The molecule has 0 fully saturated rings. The van der Waals surface area contributed by atoms with Crippen LogP contribution >= 0.6 is 11.5 Å². The highest BCUT2D eigenvalue weighted by Gasteiger charge is 2.38. The van der Waals surface area contributed by atoms with Crippen molar-refractivity contribution in [3.05, 3.63) is 52.4 Å². The molecule has 0 saturated carbocycles. The van der Waals surface area contributed by atoms with Crippen LogP contribution in [0.3, 0.4) is 0 Å². The zero-order valence-corrected chi connectivity index (χ0v) is 18.9. The van der Waals surface area contributed by atoms with Gasteiger partial charge in [-0.1, -0.05) is 22.7 Å². The molecule has 180 valence electrons. The van der Waals surface area contributed by atoms with Gasteiger partial charge in [0, 0.05) is 50.1 Å². The largest absolute Gasteiger partial charge is 0.490 e. The minimum Gasteiger partial charge on any atom is -0.475 e. The van der Waals surface area contributed by atoms with E-state index in [-0.39, 0.29) is 5.91 Å². The van der Waals surface area contributed by atoms with Crippen molar-refractivity contribution in [1.82, 2.24) is 28.9 Å². The van der Waals surface area contributed by atoms with Gasteiger partial charge in [-0.3, -0.25) is 9.69 Å². The highest BCUT2D eigenvalue weighted by Crippen LogP contribution is 2.33. The van der Waals surface area contributed by atoms with Gasteiger partial charge in [0.15, 0.2) is 5.69 Å². The molecule has 0 spiro atoms. The molecule has 1 aromatic carbocycles. The third kappa shape index (κ3) is 4.94. The van der Waals surface area contributed by atoms with Crippen LogP contribution in [0.25, 0.3) is 11.3 Å². The Labute approximate surface area is 196 Å². The fourth-order valence-corrected chi connectivity index (χ4v) is 4.52. The molecule has 3 aromatic rings. The molecule has 13 heteroatoms. The highest BCUT2D eigenvalue weighted by molar-refractivity contribution is 7.03. The Kier molecular flexibility index (Phi) is 6.66. The summed E-state index contributed by atoms with van der Waals surface area (Å²) in [6.45, 7) is 4.01. The average molecular weight is 494 g/mol. The van der Waals surface area contributed by atoms with Crippen molar-refractivity contribution in [2.45, 2.75) is 32.2 Å². The Balaban J connectivity index is 0.000000344. The van der Waals surface area contributed by atoms with Gasteiger partial charge in [-0.25, -0.2) is 9.78 Å². The number of imidazole rings is 1. The van der Waals surface area contributed by atoms with E-state index in [0.29, 0.717) is 18.8 Å². The van der Waals surface area contributed by atoms with Gasteiger partial charge < -0.3 is 14.6 Å². The van der Waals surface area contributed by atoms with Gasteiger partial charge in [-0.05, 0) is 29.7 Å². The standard InChI is InChI=1S/C19H20N6OS.C2HF3O2/c1-23-10-13-3-2-4-14(15(13)11-23)17-9-20-18-5-6-24(7-8-25(17)18)19(26)16-12-27-22-21-16;3-2(4,5)1(6)7/h2-4,9,12H,5-8,10-11H2,1H3;(H,6,7). The number of carboxylic acids is 1. The third-order valence-corrected chi connectivity index (χ3v) is 6.17. The Bertz CT molecular complexity index is 1200. The molecule has 0 unspecified atom stereocenters. The van der Waals surface area contributed by atoms with E-state index in [4.69, 9.17) is 9.90 Å². The Morgan fingerprint density at radius 1 is 1.15 bits per heavy atom. The molecule has 0 aliphatic carbocycles. The first-order chi connectivity index (χ1) is 16.1. The second kappa shape index (κ2) is 9.50. The van der Waals surface area contributed by atoms with Crippen LogP contribution in [0.5, 0.6) is 0 Å². The molecule has 0 radical (unpaired) electrons. The maximum atomic E-state index is 12.6. The number of aromatic nitrogens is 4. The molecular weight excluding hydrogens is 473 g/mol. The number of amides is 1. The number of halogens is 3. The van der Waals surface area contributed by atoms with E-state index in [1.807, 2.05) is 11.1 Å². The molecule has 2 aliphatic heterocycles. The first-order valence-electron chi connectivity index (χ1n) is 10.4. The van der Waals surface area contributed by atoms with E-state index in [2.05, 4.69) is 49.3 Å². The van der Waals surface area contributed by atoms with Crippen molar-refractivity contribution >= 4 is 23.4 Å². The summed E-state index contributed by atoms with van der Waals surface area (Å²) in [5.74, 6) is -1.76. The van der Waals surface area contributed by atoms with Crippen LogP contribution in [0.1, 0.15) is 27.4 Å². The van der Waals surface area contributed by atoms with E-state index in [0.717, 1.165) is 37.6 Å². The Morgan fingerprint density at radius 2 is 1.91 bits per heavy atom. The van der Waals surface area contributed by atoms with Crippen LogP contribution in [0.15, 0.2) is 29.8 Å². The number of carbonyl (C=O) groups excluding carboxylic acids is 1. The molecule has 0 atom stereocenters. The van der Waals surface area contributed by atoms with Crippen LogP contribution in [-0.4, -0.2) is 72.2 Å². The van der Waals surface area contributed by atoms with Crippen molar-refractivity contribution in [2.75, 3.05) is 20.1 Å². The lowest BCUT2D eigenvalue weighted by Crippen LogP contribution is -2.33. The SMILES string of the molecule is CN1Cc2cccc(-c3cnc4n3CCN(C(=O)c3csnn3)CC4)c2C1.O=C(O)C(F)(F)F. The van der Waals surface area contributed by atoms with Gasteiger partial charge in [-0.2, -0.15) is 13.2 Å². The number of carboxylic acid groups (broad SMARTS) is 1. The molecule has 5 rings (SSSR count). The maximum absolute atomic E-state index is 12.6. The zero-order chi connectivity index (χ0) is 24.5. The van der Waals surface area contributed by atoms with Gasteiger partial charge in [0.1, 0.15) is 5.82 Å². The van der Waals surface area contributed by atoms with Crippen LogP contribution in [0.4, 0.5) is 13.2 Å². The molecule has 0 saturated heterocycles. The Morgan fingerprint density at radius 3 is 2.59 bits per heavy atom. The van der Waals surface area contributed by atoms with Crippen molar-refractivity contribution in [1.29, 1.82) is 0 Å². The molecule has 2 aromatic heterocycles. The minimum absolute atomic E-state index is 0.0433. The molecule has 1 N–H and O–H groups in total. The third-order valence-electron chi connectivity index (χ3n) is 5.66. The molecule has 9 nitrogen and oxygen atoms in total. The summed E-state index contributed by atoms with van der Waals surface area (Å²) < 4.78 is 37.8. The number of carbonyl (C=O) groups is 2. The second-order valence-electron chi connectivity index (χ2n) is 7.96. The summed E-state index contributed by atoms with van der Waals surface area (Å²) >= 11 is 1.21. The van der Waals surface area contributed by atoms with E-state index in [9.17, 15) is 18.0 Å². The van der Waals surface area contributed by atoms with Crippen LogP contribution in [0, 0.1) is 0 Å². The number of hydrogen-bond donors (Lipinski definition) is 1. The zero-order valence-electron chi connectivity index (χ0n) is 18.1. The predicted octanol–water partition coefficient (Wildman–Crippen LogP) is 2.68. The summed E-state index contributed by atoms with van der Waals surface area (Å²) in [6, 6.07) is 6.54. The van der Waals surface area contributed by atoms with Crippen molar-refractivity contribution in [2.24, 2.45) is 0 Å².